The smallest absolute Gasteiger partial charge is 0.242 e. The molecule has 0 aromatic heterocycles. The van der Waals surface area contributed by atoms with E-state index in [9.17, 15) is 13.2 Å². The molecule has 0 spiro atoms. The first-order valence-electron chi connectivity index (χ1n) is 6.67. The van der Waals surface area contributed by atoms with Gasteiger partial charge in [-0.05, 0) is 31.5 Å². The van der Waals surface area contributed by atoms with Gasteiger partial charge >= 0.3 is 0 Å². The van der Waals surface area contributed by atoms with Crippen LogP contribution in [0.3, 0.4) is 0 Å². The average molecular weight is 350 g/mol. The predicted molar refractivity (Wildman–Crippen MR) is 90.7 cm³/mol. The second-order valence-corrected chi connectivity index (χ2v) is 7.53. The third kappa shape index (κ3) is 4.67. The highest BCUT2D eigenvalue weighted by atomic mass is 35.5. The van der Waals surface area contributed by atoms with E-state index in [1.807, 2.05) is 0 Å². The number of nitrogens with zero attached hydrogens (tertiary/aromatic N) is 1. The number of hydrogen-bond donors (Lipinski definition) is 2. The maximum Gasteiger partial charge on any atom is 0.242 e. The van der Waals surface area contributed by atoms with E-state index in [2.05, 4.69) is 5.32 Å². The van der Waals surface area contributed by atoms with Crippen molar-refractivity contribution in [3.05, 3.63) is 23.8 Å². The molecule has 0 aliphatic rings. The molecule has 0 aliphatic carbocycles. The van der Waals surface area contributed by atoms with Crippen LogP contribution in [-0.2, 0) is 14.8 Å². The summed E-state index contributed by atoms with van der Waals surface area (Å²) in [6, 6.07) is 4.54. The molecule has 0 fully saturated rings. The van der Waals surface area contributed by atoms with E-state index in [4.69, 9.17) is 5.73 Å². The second-order valence-electron chi connectivity index (χ2n) is 5.40. The Balaban J connectivity index is 0.00000441. The van der Waals surface area contributed by atoms with Crippen molar-refractivity contribution in [3.63, 3.8) is 0 Å². The maximum absolute atomic E-state index is 12.2. The van der Waals surface area contributed by atoms with Crippen molar-refractivity contribution < 1.29 is 13.2 Å². The molecule has 6 nitrogen and oxygen atoms in total. The zero-order valence-corrected chi connectivity index (χ0v) is 15.1. The second kappa shape index (κ2) is 7.92. The van der Waals surface area contributed by atoms with Crippen molar-refractivity contribution in [1.29, 1.82) is 0 Å². The molecule has 1 aromatic carbocycles. The minimum atomic E-state index is -3.55. The number of nitrogens with two attached hydrogens (primary N) is 1. The molecular formula is C14H24ClN3O3S. The van der Waals surface area contributed by atoms with Crippen LogP contribution in [0, 0.1) is 12.8 Å². The molecule has 0 bridgehead atoms. The van der Waals surface area contributed by atoms with Crippen LogP contribution in [0.4, 0.5) is 5.69 Å². The molecular weight excluding hydrogens is 326 g/mol. The van der Waals surface area contributed by atoms with Crippen molar-refractivity contribution in [2.75, 3.05) is 19.4 Å². The fraction of sp³-hybridized carbons (Fsp3) is 0.500. The molecule has 8 heteroatoms. The van der Waals surface area contributed by atoms with Gasteiger partial charge in [0, 0.05) is 25.8 Å². The van der Waals surface area contributed by atoms with Crippen molar-refractivity contribution >= 4 is 34.0 Å². The lowest BCUT2D eigenvalue weighted by atomic mass is 10.0. The molecule has 2 unspecified atom stereocenters. The predicted octanol–water partition coefficient (Wildman–Crippen LogP) is 1.59. The highest BCUT2D eigenvalue weighted by molar-refractivity contribution is 7.89. The first-order chi connectivity index (χ1) is 9.57. The van der Waals surface area contributed by atoms with Crippen LogP contribution < -0.4 is 11.1 Å². The lowest BCUT2D eigenvalue weighted by Gasteiger charge is -2.17. The molecule has 0 saturated heterocycles. The molecule has 2 atom stereocenters. The molecule has 3 N–H and O–H groups in total. The van der Waals surface area contributed by atoms with Crippen LogP contribution in [-0.4, -0.2) is 38.8 Å². The van der Waals surface area contributed by atoms with Gasteiger partial charge < -0.3 is 11.1 Å². The van der Waals surface area contributed by atoms with Crippen molar-refractivity contribution in [1.82, 2.24) is 4.31 Å². The molecule has 1 aromatic rings. The number of rotatable bonds is 5. The Hall–Kier alpha value is -1.15. The van der Waals surface area contributed by atoms with Gasteiger partial charge in [0.15, 0.2) is 0 Å². The van der Waals surface area contributed by atoms with E-state index >= 15 is 0 Å². The number of aryl methyl sites for hydroxylation is 1. The first-order valence-corrected chi connectivity index (χ1v) is 8.11. The molecule has 0 radical (unpaired) electrons. The van der Waals surface area contributed by atoms with Crippen LogP contribution in [0.25, 0.3) is 0 Å². The normalized spacial score (nSPS) is 14.1. The van der Waals surface area contributed by atoms with Crippen molar-refractivity contribution in [2.45, 2.75) is 31.7 Å². The molecule has 0 aliphatic heterocycles. The van der Waals surface area contributed by atoms with E-state index < -0.39 is 10.0 Å². The number of hydrogen-bond acceptors (Lipinski definition) is 4. The van der Waals surface area contributed by atoms with E-state index in [1.165, 1.54) is 20.2 Å². The van der Waals surface area contributed by atoms with Crippen LogP contribution in [0.1, 0.15) is 19.4 Å². The Morgan fingerprint density at radius 3 is 2.27 bits per heavy atom. The van der Waals surface area contributed by atoms with Gasteiger partial charge in [-0.25, -0.2) is 12.7 Å². The number of benzene rings is 1. The van der Waals surface area contributed by atoms with Crippen LogP contribution in [0.2, 0.25) is 0 Å². The molecule has 0 heterocycles. The summed E-state index contributed by atoms with van der Waals surface area (Å²) in [6.45, 7) is 5.19. The third-order valence-electron chi connectivity index (χ3n) is 3.42. The minimum absolute atomic E-state index is 0. The lowest BCUT2D eigenvalue weighted by Crippen LogP contribution is -2.34. The minimum Gasteiger partial charge on any atom is -0.327 e. The summed E-state index contributed by atoms with van der Waals surface area (Å²) < 4.78 is 25.6. The SMILES string of the molecule is Cc1ccc(NC(=O)C(C)C(C)N)cc1S(=O)(=O)N(C)C.Cl. The zero-order valence-electron chi connectivity index (χ0n) is 13.5. The lowest BCUT2D eigenvalue weighted by molar-refractivity contribution is -0.119. The fourth-order valence-corrected chi connectivity index (χ4v) is 2.79. The van der Waals surface area contributed by atoms with E-state index in [0.717, 1.165) is 4.31 Å². The maximum atomic E-state index is 12.2. The Morgan fingerprint density at radius 1 is 1.27 bits per heavy atom. The number of carbonyl (C=O) groups is 1. The van der Waals surface area contributed by atoms with Gasteiger partial charge in [0.05, 0.1) is 10.8 Å². The first kappa shape index (κ1) is 20.9. The van der Waals surface area contributed by atoms with Crippen LogP contribution in [0.15, 0.2) is 23.1 Å². The topological polar surface area (TPSA) is 92.5 Å². The highest BCUT2D eigenvalue weighted by Crippen LogP contribution is 2.22. The fourth-order valence-electron chi connectivity index (χ4n) is 1.65. The molecule has 126 valence electrons. The quantitative estimate of drug-likeness (QED) is 0.844. The number of nitrogens with one attached hydrogen (secondary N) is 1. The van der Waals surface area contributed by atoms with Crippen LogP contribution >= 0.6 is 12.4 Å². The standard InChI is InChI=1S/C14H23N3O3S.ClH/c1-9-6-7-12(16-14(18)10(2)11(3)15)8-13(9)21(19,20)17(4)5;/h6-8,10-11H,15H2,1-5H3,(H,16,18);1H. The third-order valence-corrected chi connectivity index (χ3v) is 5.37. The van der Waals surface area contributed by atoms with E-state index in [-0.39, 0.29) is 35.2 Å². The van der Waals surface area contributed by atoms with Gasteiger partial charge in [0.1, 0.15) is 0 Å². The summed E-state index contributed by atoms with van der Waals surface area (Å²) in [6.07, 6.45) is 0. The molecule has 1 amide bonds. The summed E-state index contributed by atoms with van der Waals surface area (Å²) in [5, 5.41) is 2.70. The molecule has 22 heavy (non-hydrogen) atoms. The summed E-state index contributed by atoms with van der Waals surface area (Å²) >= 11 is 0. The van der Waals surface area contributed by atoms with Gasteiger partial charge in [-0.2, -0.15) is 0 Å². The van der Waals surface area contributed by atoms with Gasteiger partial charge in [-0.15, -0.1) is 12.4 Å². The summed E-state index contributed by atoms with van der Waals surface area (Å²) in [4.78, 5) is 12.2. The summed E-state index contributed by atoms with van der Waals surface area (Å²) in [5.41, 5.74) is 6.76. The largest absolute Gasteiger partial charge is 0.327 e. The summed E-state index contributed by atoms with van der Waals surface area (Å²) in [7, 11) is -0.604. The number of halogens is 1. The number of carbonyl (C=O) groups excluding carboxylic acids is 1. The Labute approximate surface area is 138 Å². The zero-order chi connectivity index (χ0) is 16.4. The number of sulfonamides is 1. The molecule has 0 saturated carbocycles. The highest BCUT2D eigenvalue weighted by Gasteiger charge is 2.21. The van der Waals surface area contributed by atoms with Gasteiger partial charge in [0.2, 0.25) is 15.9 Å². The Morgan fingerprint density at radius 2 is 1.82 bits per heavy atom. The molecule has 1 rings (SSSR count). The van der Waals surface area contributed by atoms with Gasteiger partial charge in [-0.1, -0.05) is 13.0 Å². The number of amides is 1. The van der Waals surface area contributed by atoms with Crippen molar-refractivity contribution in [2.24, 2.45) is 11.7 Å². The average Bonchev–Trinajstić information content (AvgIpc) is 2.39. The van der Waals surface area contributed by atoms with Crippen molar-refractivity contribution in [3.8, 4) is 0 Å². The van der Waals surface area contributed by atoms with Crippen LogP contribution in [0.5, 0.6) is 0 Å². The Kier molecular flexibility index (Phi) is 7.50. The number of anilines is 1. The van der Waals surface area contributed by atoms with E-state index in [0.29, 0.717) is 11.3 Å². The Bertz CT molecular complexity index is 630. The van der Waals surface area contributed by atoms with Gasteiger partial charge in [-0.3, -0.25) is 4.79 Å². The van der Waals surface area contributed by atoms with E-state index in [1.54, 1.807) is 32.9 Å². The van der Waals surface area contributed by atoms with Gasteiger partial charge in [0.25, 0.3) is 0 Å². The monoisotopic (exact) mass is 349 g/mol. The summed E-state index contributed by atoms with van der Waals surface area (Å²) in [5.74, 6) is -0.595.